The van der Waals surface area contributed by atoms with E-state index >= 15 is 0 Å². The summed E-state index contributed by atoms with van der Waals surface area (Å²) < 4.78 is 16.5. The van der Waals surface area contributed by atoms with Crippen molar-refractivity contribution >= 4 is 23.4 Å². The first-order chi connectivity index (χ1) is 14.2. The van der Waals surface area contributed by atoms with Crippen LogP contribution < -0.4 is 10.6 Å². The van der Waals surface area contributed by atoms with Crippen molar-refractivity contribution in [2.75, 3.05) is 20.6 Å². The normalized spacial score (nSPS) is 15.0. The molecule has 0 saturated heterocycles. The van der Waals surface area contributed by atoms with E-state index in [1.54, 1.807) is 12.1 Å². The van der Waals surface area contributed by atoms with E-state index in [0.717, 1.165) is 6.54 Å². The van der Waals surface area contributed by atoms with Gasteiger partial charge in [0.1, 0.15) is 17.7 Å². The SMILES string of the molecule is CNC(=O)C(CC(C)C)NC(=O)c1nc(-c2ccc(Cl)cc2F)n2c1CN(C)CC2. The van der Waals surface area contributed by atoms with Gasteiger partial charge in [-0.05, 0) is 37.6 Å². The minimum Gasteiger partial charge on any atom is -0.357 e. The maximum absolute atomic E-state index is 14.6. The molecule has 2 N–H and O–H groups in total. The van der Waals surface area contributed by atoms with Gasteiger partial charge in [0.15, 0.2) is 5.69 Å². The zero-order valence-corrected chi connectivity index (χ0v) is 18.4. The number of hydrogen-bond donors (Lipinski definition) is 2. The third kappa shape index (κ3) is 4.65. The Morgan fingerprint density at radius 3 is 2.67 bits per heavy atom. The Morgan fingerprint density at radius 2 is 2.03 bits per heavy atom. The molecule has 0 spiro atoms. The van der Waals surface area contributed by atoms with Crippen LogP contribution in [0, 0.1) is 11.7 Å². The zero-order chi connectivity index (χ0) is 22.0. The summed E-state index contributed by atoms with van der Waals surface area (Å²) in [4.78, 5) is 31.9. The molecule has 2 amide bonds. The summed E-state index contributed by atoms with van der Waals surface area (Å²) in [5.41, 5.74) is 1.20. The molecule has 7 nitrogen and oxygen atoms in total. The molecule has 2 aromatic rings. The summed E-state index contributed by atoms with van der Waals surface area (Å²) in [6.45, 7) is 5.79. The summed E-state index contributed by atoms with van der Waals surface area (Å²) in [6.07, 6.45) is 0.500. The van der Waals surface area contributed by atoms with E-state index in [2.05, 4.69) is 20.5 Å². The van der Waals surface area contributed by atoms with Crippen molar-refractivity contribution in [3.63, 3.8) is 0 Å². The van der Waals surface area contributed by atoms with E-state index in [9.17, 15) is 14.0 Å². The van der Waals surface area contributed by atoms with E-state index < -0.39 is 17.8 Å². The lowest BCUT2D eigenvalue weighted by Gasteiger charge is -2.26. The highest BCUT2D eigenvalue weighted by atomic mass is 35.5. The molecule has 0 radical (unpaired) electrons. The molecule has 1 aliphatic heterocycles. The van der Waals surface area contributed by atoms with Gasteiger partial charge in [-0.15, -0.1) is 0 Å². The van der Waals surface area contributed by atoms with E-state index in [-0.39, 0.29) is 23.1 Å². The molecule has 1 unspecified atom stereocenters. The molecule has 3 rings (SSSR count). The number of imidazole rings is 1. The maximum atomic E-state index is 14.6. The highest BCUT2D eigenvalue weighted by molar-refractivity contribution is 6.30. The van der Waals surface area contributed by atoms with Crippen LogP contribution in [-0.4, -0.2) is 52.9 Å². The highest BCUT2D eigenvalue weighted by Gasteiger charge is 2.30. The van der Waals surface area contributed by atoms with Gasteiger partial charge in [0.05, 0.1) is 11.3 Å². The second-order valence-corrected chi connectivity index (χ2v) is 8.45. The molecule has 1 atom stereocenters. The van der Waals surface area contributed by atoms with Crippen LogP contribution in [0.3, 0.4) is 0 Å². The van der Waals surface area contributed by atoms with Crippen LogP contribution in [0.5, 0.6) is 0 Å². The Balaban J connectivity index is 2.01. The Labute approximate surface area is 180 Å². The molecule has 1 aliphatic rings. The van der Waals surface area contributed by atoms with Crippen molar-refractivity contribution in [2.24, 2.45) is 5.92 Å². The number of benzene rings is 1. The first-order valence-corrected chi connectivity index (χ1v) is 10.3. The van der Waals surface area contributed by atoms with Crippen LogP contribution in [0.25, 0.3) is 11.4 Å². The van der Waals surface area contributed by atoms with Crippen molar-refractivity contribution < 1.29 is 14.0 Å². The Bertz CT molecular complexity index is 959. The number of amides is 2. The molecule has 0 aliphatic carbocycles. The molecule has 1 aromatic heterocycles. The van der Waals surface area contributed by atoms with Crippen LogP contribution in [0.15, 0.2) is 18.2 Å². The quantitative estimate of drug-likeness (QED) is 0.731. The summed E-state index contributed by atoms with van der Waals surface area (Å²) in [5, 5.41) is 5.69. The number of carbonyl (C=O) groups is 2. The molecule has 9 heteroatoms. The van der Waals surface area contributed by atoms with Crippen molar-refractivity contribution in [1.82, 2.24) is 25.1 Å². The average molecular weight is 436 g/mol. The summed E-state index contributed by atoms with van der Waals surface area (Å²) in [7, 11) is 3.49. The number of halogens is 2. The topological polar surface area (TPSA) is 79.3 Å². The molecule has 0 fully saturated rings. The number of aromatic nitrogens is 2. The Kier molecular flexibility index (Phi) is 6.77. The van der Waals surface area contributed by atoms with Gasteiger partial charge in [0.2, 0.25) is 5.91 Å². The van der Waals surface area contributed by atoms with E-state index in [1.165, 1.54) is 13.1 Å². The first kappa shape index (κ1) is 22.2. The number of likely N-dealkylation sites (N-methyl/N-ethyl adjacent to an activating group) is 2. The predicted molar refractivity (Wildman–Crippen MR) is 114 cm³/mol. The van der Waals surface area contributed by atoms with Crippen LogP contribution in [-0.2, 0) is 17.9 Å². The van der Waals surface area contributed by atoms with Crippen molar-refractivity contribution in [1.29, 1.82) is 0 Å². The van der Waals surface area contributed by atoms with Gasteiger partial charge in [-0.3, -0.25) is 14.5 Å². The van der Waals surface area contributed by atoms with Gasteiger partial charge in [0.25, 0.3) is 5.91 Å². The molecular formula is C21H27ClFN5O2. The van der Waals surface area contributed by atoms with Crippen LogP contribution in [0.1, 0.15) is 36.5 Å². The number of nitrogens with zero attached hydrogens (tertiary/aromatic N) is 3. The summed E-state index contributed by atoms with van der Waals surface area (Å²) >= 11 is 5.89. The highest BCUT2D eigenvalue weighted by Crippen LogP contribution is 2.29. The fourth-order valence-electron chi connectivity index (χ4n) is 3.66. The molecule has 1 aromatic carbocycles. The van der Waals surface area contributed by atoms with Gasteiger partial charge >= 0.3 is 0 Å². The fraction of sp³-hybridized carbons (Fsp3) is 0.476. The number of hydrogen-bond acceptors (Lipinski definition) is 4. The first-order valence-electron chi connectivity index (χ1n) is 9.97. The van der Waals surface area contributed by atoms with Crippen LogP contribution >= 0.6 is 11.6 Å². The molecule has 162 valence electrons. The summed E-state index contributed by atoms with van der Waals surface area (Å²) in [5.74, 6) is -0.592. The third-order valence-electron chi connectivity index (χ3n) is 5.16. The fourth-order valence-corrected chi connectivity index (χ4v) is 3.81. The maximum Gasteiger partial charge on any atom is 0.272 e. The van der Waals surface area contributed by atoms with Crippen molar-refractivity contribution in [2.45, 2.75) is 39.4 Å². The van der Waals surface area contributed by atoms with E-state index in [1.807, 2.05) is 25.5 Å². The van der Waals surface area contributed by atoms with Crippen molar-refractivity contribution in [3.05, 3.63) is 40.4 Å². The van der Waals surface area contributed by atoms with Crippen LogP contribution in [0.4, 0.5) is 4.39 Å². The van der Waals surface area contributed by atoms with Gasteiger partial charge in [0, 0.05) is 31.7 Å². The molecule has 30 heavy (non-hydrogen) atoms. The number of nitrogens with one attached hydrogen (secondary N) is 2. The molecule has 0 bridgehead atoms. The zero-order valence-electron chi connectivity index (χ0n) is 17.6. The van der Waals surface area contributed by atoms with E-state index in [4.69, 9.17) is 11.6 Å². The smallest absolute Gasteiger partial charge is 0.272 e. The van der Waals surface area contributed by atoms with E-state index in [0.29, 0.717) is 36.1 Å². The van der Waals surface area contributed by atoms with Crippen molar-refractivity contribution in [3.8, 4) is 11.4 Å². The van der Waals surface area contributed by atoms with Gasteiger partial charge in [-0.1, -0.05) is 25.4 Å². The largest absolute Gasteiger partial charge is 0.357 e. The van der Waals surface area contributed by atoms with Gasteiger partial charge in [-0.2, -0.15) is 0 Å². The second-order valence-electron chi connectivity index (χ2n) is 8.01. The third-order valence-corrected chi connectivity index (χ3v) is 5.40. The number of fused-ring (bicyclic) bond motifs is 1. The Hall–Kier alpha value is -2.45. The molecular weight excluding hydrogens is 409 g/mol. The lowest BCUT2D eigenvalue weighted by Crippen LogP contribution is -2.46. The number of carbonyl (C=O) groups excluding carboxylic acids is 2. The monoisotopic (exact) mass is 435 g/mol. The Morgan fingerprint density at radius 1 is 1.30 bits per heavy atom. The van der Waals surface area contributed by atoms with Gasteiger partial charge < -0.3 is 15.2 Å². The molecule has 0 saturated carbocycles. The minimum atomic E-state index is -0.670. The molecule has 2 heterocycles. The number of rotatable bonds is 6. The average Bonchev–Trinajstić information content (AvgIpc) is 3.05. The lowest BCUT2D eigenvalue weighted by molar-refractivity contribution is -0.122. The minimum absolute atomic E-state index is 0.212. The lowest BCUT2D eigenvalue weighted by atomic mass is 10.0. The predicted octanol–water partition coefficient (Wildman–Crippen LogP) is 2.68. The standard InChI is InChI=1S/C21H27ClFN5O2/c1-12(2)9-16(20(29)24-3)25-21(30)18-17-11-27(4)7-8-28(17)19(26-18)14-6-5-13(22)10-15(14)23/h5-6,10,12,16H,7-9,11H2,1-4H3,(H,24,29)(H,25,30). The second kappa shape index (κ2) is 9.14. The van der Waals surface area contributed by atoms with Crippen LogP contribution in [0.2, 0.25) is 5.02 Å². The van der Waals surface area contributed by atoms with Gasteiger partial charge in [-0.25, -0.2) is 9.37 Å². The summed E-state index contributed by atoms with van der Waals surface area (Å²) in [6, 6.07) is 3.73.